The number of carbonyl (C=O) groups excluding carboxylic acids is 2. The minimum Gasteiger partial charge on any atom is -0.463 e. The minimum absolute atomic E-state index is 0.00116. The van der Waals surface area contributed by atoms with Gasteiger partial charge in [-0.15, -0.1) is 0 Å². The number of fused-ring (bicyclic) bond motifs is 1. The molecule has 9 nitrogen and oxygen atoms in total. The number of carbonyl (C=O) groups is 2. The van der Waals surface area contributed by atoms with E-state index in [-0.39, 0.29) is 37.4 Å². The monoisotopic (exact) mass is 466 g/mol. The molecule has 0 unspecified atom stereocenters. The molecule has 3 aromatic rings. The van der Waals surface area contributed by atoms with Crippen molar-refractivity contribution in [3.63, 3.8) is 0 Å². The summed E-state index contributed by atoms with van der Waals surface area (Å²) in [6.45, 7) is 6.74. The minimum atomic E-state index is -0.854. The Morgan fingerprint density at radius 1 is 1.26 bits per heavy atom. The third kappa shape index (κ3) is 4.61. The third-order valence-electron chi connectivity index (χ3n) is 6.05. The number of nitrogens with one attached hydrogen (secondary N) is 1. The molecule has 1 fully saturated rings. The molecule has 180 valence electrons. The summed E-state index contributed by atoms with van der Waals surface area (Å²) in [6, 6.07) is 7.65. The SMILES string of the molecule is CC(=O)OCC(C)(C)n1c(=O)n(CCO)c2cc(-c3cc(C(=O)NC4CC4)ccc3C)cnc21. The fourth-order valence-corrected chi connectivity index (χ4v) is 4.05. The van der Waals surface area contributed by atoms with Crippen molar-refractivity contribution in [3.8, 4) is 11.1 Å². The van der Waals surface area contributed by atoms with Gasteiger partial charge in [0.05, 0.1) is 24.2 Å². The lowest BCUT2D eigenvalue weighted by Gasteiger charge is -2.25. The highest BCUT2D eigenvalue weighted by Gasteiger charge is 2.29. The first-order valence-corrected chi connectivity index (χ1v) is 11.4. The van der Waals surface area contributed by atoms with Crippen molar-refractivity contribution in [1.82, 2.24) is 19.4 Å². The van der Waals surface area contributed by atoms with Crippen LogP contribution in [0.2, 0.25) is 0 Å². The van der Waals surface area contributed by atoms with E-state index in [2.05, 4.69) is 10.3 Å². The second-order valence-corrected chi connectivity index (χ2v) is 9.43. The summed E-state index contributed by atoms with van der Waals surface area (Å²) in [5, 5.41) is 12.6. The van der Waals surface area contributed by atoms with Crippen molar-refractivity contribution >= 4 is 23.0 Å². The number of hydrogen-bond donors (Lipinski definition) is 2. The molecule has 4 rings (SSSR count). The van der Waals surface area contributed by atoms with Gasteiger partial charge in [-0.05, 0) is 62.9 Å². The number of imidazole rings is 1. The van der Waals surface area contributed by atoms with E-state index in [9.17, 15) is 19.5 Å². The molecule has 1 amide bonds. The van der Waals surface area contributed by atoms with Crippen molar-refractivity contribution < 1.29 is 19.4 Å². The number of pyridine rings is 1. The molecule has 1 saturated carbocycles. The van der Waals surface area contributed by atoms with E-state index >= 15 is 0 Å². The van der Waals surface area contributed by atoms with Crippen LogP contribution in [-0.2, 0) is 21.6 Å². The number of benzene rings is 1. The summed E-state index contributed by atoms with van der Waals surface area (Å²) in [5.74, 6) is -0.537. The third-order valence-corrected chi connectivity index (χ3v) is 6.05. The van der Waals surface area contributed by atoms with E-state index < -0.39 is 11.5 Å². The molecular weight excluding hydrogens is 436 g/mol. The molecule has 34 heavy (non-hydrogen) atoms. The fourth-order valence-electron chi connectivity index (χ4n) is 4.05. The fraction of sp³-hybridized carbons (Fsp3) is 0.440. The van der Waals surface area contributed by atoms with Crippen LogP contribution in [0.25, 0.3) is 22.3 Å². The van der Waals surface area contributed by atoms with Gasteiger partial charge in [0.15, 0.2) is 5.65 Å². The molecule has 0 bridgehead atoms. The number of esters is 1. The van der Waals surface area contributed by atoms with Gasteiger partial charge in [-0.2, -0.15) is 0 Å². The average molecular weight is 467 g/mol. The topological polar surface area (TPSA) is 115 Å². The zero-order chi connectivity index (χ0) is 24.6. The second-order valence-electron chi connectivity index (χ2n) is 9.43. The summed E-state index contributed by atoms with van der Waals surface area (Å²) >= 11 is 0. The van der Waals surface area contributed by atoms with Crippen LogP contribution in [0.15, 0.2) is 35.3 Å². The van der Waals surface area contributed by atoms with Crippen molar-refractivity contribution in [2.75, 3.05) is 13.2 Å². The lowest BCUT2D eigenvalue weighted by atomic mass is 9.98. The van der Waals surface area contributed by atoms with Gasteiger partial charge < -0.3 is 15.2 Å². The highest BCUT2D eigenvalue weighted by Crippen LogP contribution is 2.29. The maximum absolute atomic E-state index is 13.3. The van der Waals surface area contributed by atoms with Crippen LogP contribution in [-0.4, -0.2) is 50.4 Å². The standard InChI is InChI=1S/C25H30N4O5/c1-15-5-6-17(23(32)27-19-7-8-19)11-20(15)18-12-21-22(26-13-18)29(24(33)28(21)9-10-30)25(3,4)14-34-16(2)31/h5-6,11-13,19,30H,7-10,14H2,1-4H3,(H,27,32). The maximum atomic E-state index is 13.3. The van der Waals surface area contributed by atoms with Gasteiger partial charge in [0.1, 0.15) is 6.61 Å². The Balaban J connectivity index is 1.81. The predicted molar refractivity (Wildman–Crippen MR) is 128 cm³/mol. The van der Waals surface area contributed by atoms with Gasteiger partial charge in [-0.25, -0.2) is 9.78 Å². The van der Waals surface area contributed by atoms with E-state index in [1.54, 1.807) is 26.1 Å². The molecular formula is C25H30N4O5. The first-order valence-electron chi connectivity index (χ1n) is 11.4. The number of aliphatic hydroxyl groups excluding tert-OH is 1. The summed E-state index contributed by atoms with van der Waals surface area (Å²) in [4.78, 5) is 41.9. The van der Waals surface area contributed by atoms with Crippen LogP contribution in [0, 0.1) is 6.92 Å². The Labute approximate surface area is 197 Å². The van der Waals surface area contributed by atoms with Gasteiger partial charge in [-0.1, -0.05) is 6.07 Å². The lowest BCUT2D eigenvalue weighted by Crippen LogP contribution is -2.41. The van der Waals surface area contributed by atoms with Crippen molar-refractivity contribution in [2.24, 2.45) is 0 Å². The van der Waals surface area contributed by atoms with Gasteiger partial charge in [0.25, 0.3) is 5.91 Å². The molecule has 0 saturated heterocycles. The Kier molecular flexibility index (Phi) is 6.31. The number of nitrogens with zero attached hydrogens (tertiary/aromatic N) is 3. The van der Waals surface area contributed by atoms with Crippen LogP contribution in [0.1, 0.15) is 49.5 Å². The highest BCUT2D eigenvalue weighted by atomic mass is 16.5. The Morgan fingerprint density at radius 2 is 2.00 bits per heavy atom. The number of aromatic nitrogens is 3. The van der Waals surface area contributed by atoms with Gasteiger partial charge in [-0.3, -0.25) is 18.7 Å². The van der Waals surface area contributed by atoms with Crippen LogP contribution in [0.5, 0.6) is 0 Å². The molecule has 2 heterocycles. The molecule has 0 atom stereocenters. The second kappa shape index (κ2) is 9.06. The lowest BCUT2D eigenvalue weighted by molar-refractivity contribution is -0.143. The normalized spacial score (nSPS) is 13.8. The number of aliphatic hydroxyl groups is 1. The molecule has 0 spiro atoms. The number of hydrogen-bond acceptors (Lipinski definition) is 6. The molecule has 9 heteroatoms. The first-order chi connectivity index (χ1) is 16.1. The van der Waals surface area contributed by atoms with Crippen LogP contribution < -0.4 is 11.0 Å². The molecule has 0 radical (unpaired) electrons. The number of ether oxygens (including phenoxy) is 1. The van der Waals surface area contributed by atoms with E-state index in [1.807, 2.05) is 25.1 Å². The maximum Gasteiger partial charge on any atom is 0.331 e. The molecule has 1 aromatic carbocycles. The van der Waals surface area contributed by atoms with Gasteiger partial charge in [0, 0.05) is 30.3 Å². The van der Waals surface area contributed by atoms with E-state index in [0.29, 0.717) is 16.7 Å². The average Bonchev–Trinajstić information content (AvgIpc) is 3.56. The van der Waals surface area contributed by atoms with E-state index in [1.165, 1.54) is 16.1 Å². The number of amides is 1. The van der Waals surface area contributed by atoms with E-state index in [0.717, 1.165) is 29.5 Å². The summed E-state index contributed by atoms with van der Waals surface area (Å²) in [7, 11) is 0. The first kappa shape index (κ1) is 23.7. The van der Waals surface area contributed by atoms with Crippen LogP contribution in [0.3, 0.4) is 0 Å². The van der Waals surface area contributed by atoms with E-state index in [4.69, 9.17) is 4.74 Å². The molecule has 1 aliphatic rings. The van der Waals surface area contributed by atoms with Crippen molar-refractivity contribution in [2.45, 2.75) is 58.7 Å². The highest BCUT2D eigenvalue weighted by molar-refractivity contribution is 5.96. The Hall–Kier alpha value is -3.46. The van der Waals surface area contributed by atoms with Crippen molar-refractivity contribution in [1.29, 1.82) is 0 Å². The van der Waals surface area contributed by atoms with Crippen molar-refractivity contribution in [3.05, 3.63) is 52.1 Å². The smallest absolute Gasteiger partial charge is 0.331 e. The Morgan fingerprint density at radius 3 is 2.65 bits per heavy atom. The summed E-state index contributed by atoms with van der Waals surface area (Å²) in [6.07, 6.45) is 3.70. The predicted octanol–water partition coefficient (Wildman–Crippen LogP) is 2.36. The summed E-state index contributed by atoms with van der Waals surface area (Å²) < 4.78 is 8.16. The van der Waals surface area contributed by atoms with Gasteiger partial charge in [0.2, 0.25) is 0 Å². The zero-order valence-electron chi connectivity index (χ0n) is 19.9. The summed E-state index contributed by atoms with van der Waals surface area (Å²) in [5.41, 5.74) is 2.92. The number of aryl methyl sites for hydroxylation is 1. The quantitative estimate of drug-likeness (QED) is 0.493. The number of rotatable bonds is 8. The van der Waals surface area contributed by atoms with Crippen LogP contribution >= 0.6 is 0 Å². The molecule has 2 aromatic heterocycles. The molecule has 0 aliphatic heterocycles. The zero-order valence-corrected chi connectivity index (χ0v) is 19.9. The van der Waals surface area contributed by atoms with Gasteiger partial charge >= 0.3 is 11.7 Å². The molecule has 2 N–H and O–H groups in total. The molecule has 1 aliphatic carbocycles. The largest absolute Gasteiger partial charge is 0.463 e. The van der Waals surface area contributed by atoms with Crippen LogP contribution in [0.4, 0.5) is 0 Å². The Bertz CT molecular complexity index is 1320.